The van der Waals surface area contributed by atoms with Crippen LogP contribution in [0.25, 0.3) is 0 Å². The molecule has 1 heterocycles. The Morgan fingerprint density at radius 2 is 1.86 bits per heavy atom. The molecule has 1 aromatic rings. The van der Waals surface area contributed by atoms with Crippen LogP contribution < -0.4 is 10.0 Å². The van der Waals surface area contributed by atoms with Gasteiger partial charge in [-0.1, -0.05) is 32.9 Å². The Labute approximate surface area is 173 Å². The molecular weight excluding hydrogens is 405 g/mol. The minimum Gasteiger partial charge on any atom is -0.341 e. The monoisotopic (exact) mass is 435 g/mol. The summed E-state index contributed by atoms with van der Waals surface area (Å²) in [6.45, 7) is 8.71. The topological polar surface area (TPSA) is 78.5 Å². The van der Waals surface area contributed by atoms with Gasteiger partial charge in [-0.25, -0.2) is 12.8 Å². The molecule has 1 saturated heterocycles. The lowest BCUT2D eigenvalue weighted by Gasteiger charge is -2.35. The second-order valence-electron chi connectivity index (χ2n) is 7.35. The van der Waals surface area contributed by atoms with Crippen LogP contribution in [0.2, 0.25) is 0 Å². The molecule has 1 fully saturated rings. The lowest BCUT2D eigenvalue weighted by molar-refractivity contribution is -0.135. The first-order chi connectivity index (χ1) is 12.8. The maximum atomic E-state index is 13.9. The number of likely N-dealkylation sites (tertiary alicyclic amines) is 1. The van der Waals surface area contributed by atoms with Crippen molar-refractivity contribution in [3.05, 3.63) is 30.1 Å². The van der Waals surface area contributed by atoms with Crippen LogP contribution in [0.1, 0.15) is 33.6 Å². The van der Waals surface area contributed by atoms with Gasteiger partial charge in [0, 0.05) is 13.1 Å². The number of nitrogens with zero attached hydrogens (tertiary/aromatic N) is 1. The Hall–Kier alpha value is -1.22. The zero-order chi connectivity index (χ0) is 20.0. The van der Waals surface area contributed by atoms with Crippen LogP contribution in [0.15, 0.2) is 29.2 Å². The number of carbonyl (C=O) groups is 1. The van der Waals surface area contributed by atoms with Crippen molar-refractivity contribution in [1.29, 1.82) is 0 Å². The molecule has 1 atom stereocenters. The highest BCUT2D eigenvalue weighted by Gasteiger charge is 2.34. The summed E-state index contributed by atoms with van der Waals surface area (Å²) in [6.07, 6.45) is 1.78. The third-order valence-corrected chi connectivity index (χ3v) is 6.42. The van der Waals surface area contributed by atoms with Crippen LogP contribution in [0.5, 0.6) is 0 Å². The lowest BCUT2D eigenvalue weighted by Crippen LogP contribution is -2.53. The number of sulfonamides is 1. The van der Waals surface area contributed by atoms with E-state index in [4.69, 9.17) is 0 Å². The predicted octanol–water partition coefficient (Wildman–Crippen LogP) is 2.40. The first-order valence-electron chi connectivity index (χ1n) is 9.52. The molecule has 2 rings (SSSR count). The number of hydrogen-bond donors (Lipinski definition) is 2. The van der Waals surface area contributed by atoms with Crippen LogP contribution in [0.4, 0.5) is 4.39 Å². The zero-order valence-corrected chi connectivity index (χ0v) is 18.3. The van der Waals surface area contributed by atoms with E-state index < -0.39 is 26.8 Å². The molecule has 1 aliphatic rings. The molecule has 1 aliphatic heterocycles. The van der Waals surface area contributed by atoms with E-state index >= 15 is 0 Å². The largest absolute Gasteiger partial charge is 0.341 e. The normalized spacial score (nSPS) is 16.7. The summed E-state index contributed by atoms with van der Waals surface area (Å²) in [4.78, 5) is 14.2. The molecule has 0 bridgehead atoms. The summed E-state index contributed by atoms with van der Waals surface area (Å²) >= 11 is 0. The van der Waals surface area contributed by atoms with Gasteiger partial charge >= 0.3 is 0 Å². The number of halogens is 2. The summed E-state index contributed by atoms with van der Waals surface area (Å²) in [7, 11) is -4.12. The third kappa shape index (κ3) is 6.40. The molecule has 28 heavy (non-hydrogen) atoms. The highest BCUT2D eigenvalue weighted by atomic mass is 35.5. The van der Waals surface area contributed by atoms with Crippen LogP contribution in [0, 0.1) is 17.7 Å². The SMILES string of the molecule is CCNCC1CCN(C(=O)C(NS(=O)(=O)c2ccccc2F)C(C)C)CC1.Cl. The van der Waals surface area contributed by atoms with E-state index in [9.17, 15) is 17.6 Å². The van der Waals surface area contributed by atoms with Gasteiger partial charge in [-0.3, -0.25) is 4.79 Å². The van der Waals surface area contributed by atoms with Gasteiger partial charge in [0.2, 0.25) is 15.9 Å². The number of amides is 1. The summed E-state index contributed by atoms with van der Waals surface area (Å²) in [5.41, 5.74) is 0. The molecule has 0 aromatic heterocycles. The van der Waals surface area contributed by atoms with E-state index in [0.717, 1.165) is 32.0 Å². The van der Waals surface area contributed by atoms with E-state index in [-0.39, 0.29) is 24.2 Å². The smallest absolute Gasteiger partial charge is 0.244 e. The molecule has 160 valence electrons. The number of carbonyl (C=O) groups excluding carboxylic acids is 1. The summed E-state index contributed by atoms with van der Waals surface area (Å²) < 4.78 is 41.5. The van der Waals surface area contributed by atoms with Crippen LogP contribution >= 0.6 is 12.4 Å². The highest BCUT2D eigenvalue weighted by Crippen LogP contribution is 2.20. The minimum absolute atomic E-state index is 0. The van der Waals surface area contributed by atoms with Gasteiger partial charge in [0.05, 0.1) is 0 Å². The van der Waals surface area contributed by atoms with Gasteiger partial charge < -0.3 is 10.2 Å². The van der Waals surface area contributed by atoms with E-state index in [1.165, 1.54) is 18.2 Å². The molecule has 0 radical (unpaired) electrons. The molecule has 1 unspecified atom stereocenters. The van der Waals surface area contributed by atoms with Crippen molar-refractivity contribution in [2.24, 2.45) is 11.8 Å². The molecule has 6 nitrogen and oxygen atoms in total. The number of hydrogen-bond acceptors (Lipinski definition) is 4. The van der Waals surface area contributed by atoms with Crippen LogP contribution in [0.3, 0.4) is 0 Å². The second-order valence-corrected chi connectivity index (χ2v) is 9.03. The average Bonchev–Trinajstić information content (AvgIpc) is 2.64. The minimum atomic E-state index is -4.12. The van der Waals surface area contributed by atoms with E-state index in [0.29, 0.717) is 19.0 Å². The van der Waals surface area contributed by atoms with Crippen molar-refractivity contribution in [3.63, 3.8) is 0 Å². The molecule has 9 heteroatoms. The Kier molecular flexibility index (Phi) is 9.83. The van der Waals surface area contributed by atoms with Crippen molar-refractivity contribution in [1.82, 2.24) is 14.9 Å². The van der Waals surface area contributed by atoms with Gasteiger partial charge in [-0.05, 0) is 49.9 Å². The molecule has 0 saturated carbocycles. The first-order valence-corrected chi connectivity index (χ1v) is 11.0. The molecule has 1 aromatic carbocycles. The van der Waals surface area contributed by atoms with Gasteiger partial charge in [0.15, 0.2) is 0 Å². The predicted molar refractivity (Wildman–Crippen MR) is 110 cm³/mol. The van der Waals surface area contributed by atoms with E-state index in [2.05, 4.69) is 17.0 Å². The second kappa shape index (κ2) is 11.1. The lowest BCUT2D eigenvalue weighted by atomic mass is 9.95. The van der Waals surface area contributed by atoms with Crippen molar-refractivity contribution in [2.75, 3.05) is 26.2 Å². The maximum Gasteiger partial charge on any atom is 0.244 e. The average molecular weight is 436 g/mol. The van der Waals surface area contributed by atoms with E-state index in [1.54, 1.807) is 18.7 Å². The van der Waals surface area contributed by atoms with Crippen molar-refractivity contribution in [3.8, 4) is 0 Å². The first kappa shape index (κ1) is 24.8. The van der Waals surface area contributed by atoms with E-state index in [1.807, 2.05) is 0 Å². The zero-order valence-electron chi connectivity index (χ0n) is 16.7. The quantitative estimate of drug-likeness (QED) is 0.657. The molecule has 0 spiro atoms. The Morgan fingerprint density at radius 3 is 2.39 bits per heavy atom. The summed E-state index contributed by atoms with van der Waals surface area (Å²) in [5, 5.41) is 3.33. The summed E-state index contributed by atoms with van der Waals surface area (Å²) in [5.74, 6) is -0.795. The molecule has 2 N–H and O–H groups in total. The number of benzene rings is 1. The fourth-order valence-corrected chi connectivity index (χ4v) is 4.68. The van der Waals surface area contributed by atoms with Gasteiger partial charge in [0.1, 0.15) is 16.8 Å². The fourth-order valence-electron chi connectivity index (χ4n) is 3.27. The van der Waals surface area contributed by atoms with Crippen LogP contribution in [-0.4, -0.2) is 51.4 Å². The van der Waals surface area contributed by atoms with Crippen molar-refractivity contribution < 1.29 is 17.6 Å². The fraction of sp³-hybridized carbons (Fsp3) is 0.632. The standard InChI is InChI=1S/C19H30FN3O3S.ClH/c1-4-21-13-15-9-11-23(12-10-15)19(24)18(14(2)3)22-27(25,26)17-8-6-5-7-16(17)20;/h5-8,14-15,18,21-22H,4,9-13H2,1-3H3;1H. The van der Waals surface area contributed by atoms with Gasteiger partial charge in [0.25, 0.3) is 0 Å². The highest BCUT2D eigenvalue weighted by molar-refractivity contribution is 7.89. The van der Waals surface area contributed by atoms with Crippen molar-refractivity contribution >= 4 is 28.3 Å². The van der Waals surface area contributed by atoms with Crippen LogP contribution in [-0.2, 0) is 14.8 Å². The Morgan fingerprint density at radius 1 is 1.25 bits per heavy atom. The van der Waals surface area contributed by atoms with Gasteiger partial charge in [-0.2, -0.15) is 4.72 Å². The number of nitrogens with one attached hydrogen (secondary N) is 2. The Bertz CT molecular complexity index is 738. The molecular formula is C19H31ClFN3O3S. The van der Waals surface area contributed by atoms with Gasteiger partial charge in [-0.15, -0.1) is 12.4 Å². The molecule has 1 amide bonds. The van der Waals surface area contributed by atoms with Crippen molar-refractivity contribution in [2.45, 2.75) is 44.6 Å². The maximum absolute atomic E-state index is 13.9. The Balaban J connectivity index is 0.00000392. The molecule has 0 aliphatic carbocycles. The number of rotatable bonds is 8. The third-order valence-electron chi connectivity index (χ3n) is 4.95. The number of piperidine rings is 1. The summed E-state index contributed by atoms with van der Waals surface area (Å²) in [6, 6.07) is 4.26.